The molecule has 0 bridgehead atoms. The number of nitrogens with zero attached hydrogens (tertiary/aromatic N) is 1. The predicted molar refractivity (Wildman–Crippen MR) is 85.2 cm³/mol. The summed E-state index contributed by atoms with van der Waals surface area (Å²) in [5.41, 5.74) is -1.15. The Hall–Kier alpha value is -0.870. The molecular formula is C12H19N2O7PS. The molecule has 0 spiro atoms. The highest BCUT2D eigenvalue weighted by molar-refractivity contribution is 8.09. The van der Waals surface area contributed by atoms with E-state index in [0.717, 1.165) is 0 Å². The van der Waals surface area contributed by atoms with Gasteiger partial charge in [-0.2, -0.15) is 0 Å². The molecule has 0 aromatic carbocycles. The van der Waals surface area contributed by atoms with Crippen LogP contribution in [0, 0.1) is 0 Å². The Balaban J connectivity index is 2.38. The third-order valence-electron chi connectivity index (χ3n) is 3.33. The van der Waals surface area contributed by atoms with Gasteiger partial charge in [0.25, 0.3) is 5.56 Å². The Morgan fingerprint density at radius 1 is 1.43 bits per heavy atom. The molecule has 1 aliphatic rings. The van der Waals surface area contributed by atoms with Crippen molar-refractivity contribution in [3.8, 4) is 0 Å². The van der Waals surface area contributed by atoms with Crippen LogP contribution in [0.1, 0.15) is 6.23 Å². The number of ether oxygens (including phenoxy) is 3. The number of nitrogens with one attached hydrogen (secondary N) is 1. The van der Waals surface area contributed by atoms with Gasteiger partial charge in [-0.05, 0) is 11.8 Å². The zero-order valence-electron chi connectivity index (χ0n) is 12.9. The second-order valence-electron chi connectivity index (χ2n) is 5.11. The molecule has 0 radical (unpaired) electrons. The zero-order valence-corrected chi connectivity index (χ0v) is 14.6. The van der Waals surface area contributed by atoms with Crippen molar-refractivity contribution in [2.75, 3.05) is 27.5 Å². The molecular weight excluding hydrogens is 347 g/mol. The van der Waals surface area contributed by atoms with Crippen molar-refractivity contribution in [3.05, 3.63) is 33.1 Å². The average Bonchev–Trinajstić information content (AvgIpc) is 2.75. The topological polar surface area (TPSA) is 112 Å². The minimum atomic E-state index is -2.99. The second-order valence-corrected chi connectivity index (χ2v) is 8.96. The Labute approximate surface area is 137 Å². The normalized spacial score (nSPS) is 30.3. The summed E-state index contributed by atoms with van der Waals surface area (Å²) in [4.78, 5) is 35.2. The molecule has 1 aromatic heterocycles. The van der Waals surface area contributed by atoms with Crippen LogP contribution >= 0.6 is 6.49 Å². The van der Waals surface area contributed by atoms with Gasteiger partial charge in [0.15, 0.2) is 12.7 Å². The van der Waals surface area contributed by atoms with E-state index in [1.54, 1.807) is 0 Å². The summed E-state index contributed by atoms with van der Waals surface area (Å²) in [5.74, 6) is 0. The maximum absolute atomic E-state index is 12.0. The summed E-state index contributed by atoms with van der Waals surface area (Å²) < 4.78 is 23.0. The van der Waals surface area contributed by atoms with E-state index in [9.17, 15) is 14.5 Å². The Bertz CT molecular complexity index is 699. The quantitative estimate of drug-likeness (QED) is 0.643. The van der Waals surface area contributed by atoms with Crippen LogP contribution in [-0.4, -0.2) is 60.2 Å². The molecule has 2 heterocycles. The zero-order chi connectivity index (χ0) is 17.2. The van der Waals surface area contributed by atoms with Crippen LogP contribution in [0.5, 0.6) is 0 Å². The molecule has 130 valence electrons. The van der Waals surface area contributed by atoms with Gasteiger partial charge in [-0.1, -0.05) is 0 Å². The first kappa shape index (κ1) is 18.5. The summed E-state index contributed by atoms with van der Waals surface area (Å²) in [5, 5.41) is 0. The molecule has 1 saturated heterocycles. The van der Waals surface area contributed by atoms with E-state index in [1.165, 1.54) is 37.7 Å². The minimum absolute atomic E-state index is 0.161. The molecule has 1 aliphatic heterocycles. The average molecular weight is 366 g/mol. The summed E-state index contributed by atoms with van der Waals surface area (Å²) >= 11 is 4.93. The van der Waals surface area contributed by atoms with E-state index < -0.39 is 42.3 Å². The molecule has 5 atom stereocenters. The van der Waals surface area contributed by atoms with Crippen LogP contribution in [0.25, 0.3) is 0 Å². The number of methoxy groups -OCH3 is 2. The molecule has 2 rings (SSSR count). The van der Waals surface area contributed by atoms with Gasteiger partial charge in [-0.25, -0.2) is 4.79 Å². The number of hydrogen-bond donors (Lipinski definition) is 2. The van der Waals surface area contributed by atoms with E-state index in [4.69, 9.17) is 30.5 Å². The summed E-state index contributed by atoms with van der Waals surface area (Å²) in [6.07, 6.45) is -1.57. The molecule has 0 amide bonds. The van der Waals surface area contributed by atoms with Crippen molar-refractivity contribution in [2.45, 2.75) is 24.5 Å². The van der Waals surface area contributed by atoms with Crippen molar-refractivity contribution in [2.24, 2.45) is 0 Å². The Kier molecular flexibility index (Phi) is 5.90. The van der Waals surface area contributed by atoms with E-state index >= 15 is 0 Å². The molecule has 0 aliphatic carbocycles. The lowest BCUT2D eigenvalue weighted by molar-refractivity contribution is -0.0668. The van der Waals surface area contributed by atoms with Gasteiger partial charge in [0.05, 0.1) is 6.61 Å². The molecule has 2 unspecified atom stereocenters. The van der Waals surface area contributed by atoms with Gasteiger partial charge in [-0.15, -0.1) is 0 Å². The lowest BCUT2D eigenvalue weighted by Crippen LogP contribution is -2.39. The monoisotopic (exact) mass is 366 g/mol. The number of aromatic amines is 1. The molecule has 11 heteroatoms. The number of hydrogen-bond acceptors (Lipinski definition) is 7. The SMILES string of the molecule is COC[C@H]1O[C@@H](n2ccc(=O)[nH]c2=O)[C@@H](OC)C1OP(C)(O)=S. The standard InChI is InChI=1S/C12H19N2O7PS/c1-18-6-7-9(21-22(3,17)23)10(19-2)11(20-7)14-5-4-8(15)13-12(14)16/h4-5,7,9-11H,6H2,1-3H3,(H,17,23)(H,13,15,16)/t7-,9?,10+,11-,22?/m1/s1. The highest BCUT2D eigenvalue weighted by Gasteiger charge is 2.48. The third-order valence-corrected chi connectivity index (χ3v) is 4.22. The predicted octanol–water partition coefficient (Wildman–Crippen LogP) is -0.588. The van der Waals surface area contributed by atoms with Gasteiger partial charge in [-0.3, -0.25) is 14.3 Å². The van der Waals surface area contributed by atoms with E-state index in [1.807, 2.05) is 0 Å². The number of aromatic nitrogens is 2. The van der Waals surface area contributed by atoms with Crippen LogP contribution in [-0.2, 0) is 30.5 Å². The first-order chi connectivity index (χ1) is 10.8. The smallest absolute Gasteiger partial charge is 0.330 e. The second kappa shape index (κ2) is 7.35. The maximum atomic E-state index is 12.0. The van der Waals surface area contributed by atoms with E-state index in [0.29, 0.717) is 0 Å². The molecule has 2 N–H and O–H groups in total. The third kappa shape index (κ3) is 4.36. The van der Waals surface area contributed by atoms with Crippen LogP contribution in [0.2, 0.25) is 0 Å². The van der Waals surface area contributed by atoms with Gasteiger partial charge < -0.3 is 23.6 Å². The first-order valence-electron chi connectivity index (χ1n) is 6.74. The molecule has 0 saturated carbocycles. The molecule has 1 fully saturated rings. The highest BCUT2D eigenvalue weighted by atomic mass is 32.5. The number of H-pyrrole nitrogens is 1. The fourth-order valence-corrected chi connectivity index (χ4v) is 3.47. The van der Waals surface area contributed by atoms with Gasteiger partial charge in [0.2, 0.25) is 0 Å². The molecule has 23 heavy (non-hydrogen) atoms. The van der Waals surface area contributed by atoms with E-state index in [2.05, 4.69) is 4.98 Å². The van der Waals surface area contributed by atoms with Crippen LogP contribution in [0.4, 0.5) is 0 Å². The summed E-state index contributed by atoms with van der Waals surface area (Å²) in [6.45, 7) is -1.42. The molecule has 1 aromatic rings. The van der Waals surface area contributed by atoms with Crippen molar-refractivity contribution >= 4 is 18.3 Å². The van der Waals surface area contributed by atoms with Gasteiger partial charge in [0, 0.05) is 33.1 Å². The van der Waals surface area contributed by atoms with Crippen molar-refractivity contribution in [1.29, 1.82) is 0 Å². The first-order valence-corrected chi connectivity index (χ1v) is 9.86. The lowest BCUT2D eigenvalue weighted by Gasteiger charge is -2.25. The van der Waals surface area contributed by atoms with Crippen LogP contribution < -0.4 is 11.2 Å². The van der Waals surface area contributed by atoms with Crippen molar-refractivity contribution in [3.63, 3.8) is 0 Å². The summed E-state index contributed by atoms with van der Waals surface area (Å²) in [7, 11) is 2.92. The fourth-order valence-electron chi connectivity index (χ4n) is 2.46. The fraction of sp³-hybridized carbons (Fsp3) is 0.667. The Morgan fingerprint density at radius 3 is 2.65 bits per heavy atom. The van der Waals surface area contributed by atoms with Crippen molar-refractivity contribution in [1.82, 2.24) is 9.55 Å². The molecule has 9 nitrogen and oxygen atoms in total. The Morgan fingerprint density at radius 2 is 2.13 bits per heavy atom. The van der Waals surface area contributed by atoms with Crippen LogP contribution in [0.3, 0.4) is 0 Å². The minimum Gasteiger partial charge on any atom is -0.382 e. The van der Waals surface area contributed by atoms with Gasteiger partial charge >= 0.3 is 5.69 Å². The van der Waals surface area contributed by atoms with E-state index in [-0.39, 0.29) is 6.61 Å². The maximum Gasteiger partial charge on any atom is 0.330 e. The summed E-state index contributed by atoms with van der Waals surface area (Å²) in [6, 6.07) is 1.20. The number of rotatable bonds is 6. The highest BCUT2D eigenvalue weighted by Crippen LogP contribution is 2.45. The lowest BCUT2D eigenvalue weighted by atomic mass is 10.1. The largest absolute Gasteiger partial charge is 0.382 e. The van der Waals surface area contributed by atoms with Gasteiger partial charge in [0.1, 0.15) is 18.3 Å². The van der Waals surface area contributed by atoms with Crippen molar-refractivity contribution < 1.29 is 23.6 Å². The van der Waals surface area contributed by atoms with Crippen LogP contribution in [0.15, 0.2) is 21.9 Å².